The van der Waals surface area contributed by atoms with E-state index in [4.69, 9.17) is 9.84 Å². The van der Waals surface area contributed by atoms with Gasteiger partial charge in [0.15, 0.2) is 0 Å². The van der Waals surface area contributed by atoms with Crippen molar-refractivity contribution in [3.8, 4) is 0 Å². The second-order valence-electron chi connectivity index (χ2n) is 3.61. The first kappa shape index (κ1) is 11.4. The lowest BCUT2D eigenvalue weighted by atomic mass is 10.2. The second-order valence-corrected chi connectivity index (χ2v) is 4.52. The zero-order valence-corrected chi connectivity index (χ0v) is 10.2. The summed E-state index contributed by atoms with van der Waals surface area (Å²) in [6, 6.07) is 7.46. The molecule has 5 heteroatoms. The molecule has 4 nitrogen and oxygen atoms in total. The maximum absolute atomic E-state index is 11.6. The molecule has 0 saturated carbocycles. The molecule has 86 valence electrons. The van der Waals surface area contributed by atoms with E-state index < -0.39 is 0 Å². The van der Waals surface area contributed by atoms with Crippen molar-refractivity contribution in [1.82, 2.24) is 0 Å². The molecule has 1 aromatic rings. The molecule has 1 amide bonds. The number of rotatable bonds is 3. The van der Waals surface area contributed by atoms with Crippen LogP contribution in [0.25, 0.3) is 0 Å². The van der Waals surface area contributed by atoms with E-state index in [1.54, 1.807) is 4.90 Å². The summed E-state index contributed by atoms with van der Waals surface area (Å²) < 4.78 is 6.08. The van der Waals surface area contributed by atoms with Crippen LogP contribution >= 0.6 is 15.9 Å². The quantitative estimate of drug-likeness (QED) is 0.926. The lowest BCUT2D eigenvalue weighted by Crippen LogP contribution is -2.24. The Balaban J connectivity index is 2.10. The molecular formula is C11H12BrNO3. The van der Waals surface area contributed by atoms with Gasteiger partial charge < -0.3 is 9.84 Å². The fourth-order valence-electron chi connectivity index (χ4n) is 1.65. The van der Waals surface area contributed by atoms with Gasteiger partial charge in [-0.1, -0.05) is 15.9 Å². The van der Waals surface area contributed by atoms with Gasteiger partial charge in [0.1, 0.15) is 6.10 Å². The SMILES string of the molecule is O=C1OC(CCO)CN1c1ccc(Br)cc1. The number of amides is 1. The third-order valence-electron chi connectivity index (χ3n) is 2.46. The molecule has 0 bridgehead atoms. The van der Waals surface area contributed by atoms with Crippen molar-refractivity contribution in [2.75, 3.05) is 18.1 Å². The zero-order valence-electron chi connectivity index (χ0n) is 8.60. The number of benzene rings is 1. The molecule has 1 N–H and O–H groups in total. The number of carbonyl (C=O) groups excluding carboxylic acids is 1. The minimum Gasteiger partial charge on any atom is -0.444 e. The van der Waals surface area contributed by atoms with Crippen molar-refractivity contribution >= 4 is 27.7 Å². The van der Waals surface area contributed by atoms with Crippen molar-refractivity contribution in [2.45, 2.75) is 12.5 Å². The molecule has 0 aliphatic carbocycles. The van der Waals surface area contributed by atoms with Crippen LogP contribution in [0.1, 0.15) is 6.42 Å². The fourth-order valence-corrected chi connectivity index (χ4v) is 1.91. The first-order valence-electron chi connectivity index (χ1n) is 5.05. The summed E-state index contributed by atoms with van der Waals surface area (Å²) >= 11 is 3.34. The Hall–Kier alpha value is -1.07. The van der Waals surface area contributed by atoms with Crippen LogP contribution in [0.15, 0.2) is 28.7 Å². The smallest absolute Gasteiger partial charge is 0.414 e. The molecule has 0 radical (unpaired) electrons. The van der Waals surface area contributed by atoms with Crippen LogP contribution in [0, 0.1) is 0 Å². The topological polar surface area (TPSA) is 49.8 Å². The van der Waals surface area contributed by atoms with Gasteiger partial charge in [-0.15, -0.1) is 0 Å². The fraction of sp³-hybridized carbons (Fsp3) is 0.364. The summed E-state index contributed by atoms with van der Waals surface area (Å²) in [5.41, 5.74) is 0.814. The monoisotopic (exact) mass is 285 g/mol. The van der Waals surface area contributed by atoms with Gasteiger partial charge in [0.2, 0.25) is 0 Å². The Morgan fingerprint density at radius 2 is 2.12 bits per heavy atom. The van der Waals surface area contributed by atoms with Crippen molar-refractivity contribution in [3.05, 3.63) is 28.7 Å². The average molecular weight is 286 g/mol. The normalized spacial score (nSPS) is 20.0. The first-order valence-corrected chi connectivity index (χ1v) is 5.84. The van der Waals surface area contributed by atoms with E-state index in [1.807, 2.05) is 24.3 Å². The van der Waals surface area contributed by atoms with E-state index >= 15 is 0 Å². The Bertz CT molecular complexity index is 379. The number of aliphatic hydroxyl groups excluding tert-OH is 1. The van der Waals surface area contributed by atoms with Gasteiger partial charge in [-0.2, -0.15) is 0 Å². The van der Waals surface area contributed by atoms with Gasteiger partial charge in [-0.3, -0.25) is 4.90 Å². The molecule has 16 heavy (non-hydrogen) atoms. The third kappa shape index (κ3) is 2.36. The lowest BCUT2D eigenvalue weighted by molar-refractivity contribution is 0.122. The van der Waals surface area contributed by atoms with Gasteiger partial charge >= 0.3 is 6.09 Å². The predicted octanol–water partition coefficient (Wildman–Crippen LogP) is 2.16. The highest BCUT2D eigenvalue weighted by molar-refractivity contribution is 9.10. The highest BCUT2D eigenvalue weighted by atomic mass is 79.9. The van der Waals surface area contributed by atoms with E-state index in [2.05, 4.69) is 15.9 Å². The number of hydrogen-bond acceptors (Lipinski definition) is 3. The van der Waals surface area contributed by atoms with Crippen LogP contribution < -0.4 is 4.90 Å². The number of aliphatic hydroxyl groups is 1. The van der Waals surface area contributed by atoms with Gasteiger partial charge in [-0.05, 0) is 24.3 Å². The number of anilines is 1. The Morgan fingerprint density at radius 3 is 2.75 bits per heavy atom. The van der Waals surface area contributed by atoms with Crippen LogP contribution in [0.5, 0.6) is 0 Å². The lowest BCUT2D eigenvalue weighted by Gasteiger charge is -2.12. The van der Waals surface area contributed by atoms with E-state index in [1.165, 1.54) is 0 Å². The minimum absolute atomic E-state index is 0.0339. The van der Waals surface area contributed by atoms with Crippen molar-refractivity contribution < 1.29 is 14.6 Å². The molecule has 0 spiro atoms. The number of carbonyl (C=O) groups is 1. The van der Waals surface area contributed by atoms with Gasteiger partial charge in [-0.25, -0.2) is 4.79 Å². The number of nitrogens with zero attached hydrogens (tertiary/aromatic N) is 1. The molecule has 1 aliphatic heterocycles. The number of halogens is 1. The summed E-state index contributed by atoms with van der Waals surface area (Å²) in [6.45, 7) is 0.535. The Kier molecular flexibility index (Phi) is 3.46. The number of ether oxygens (including phenoxy) is 1. The number of hydrogen-bond donors (Lipinski definition) is 1. The molecular weight excluding hydrogens is 274 g/mol. The maximum atomic E-state index is 11.6. The summed E-state index contributed by atoms with van der Waals surface area (Å²) in [5.74, 6) is 0. The molecule has 1 heterocycles. The summed E-state index contributed by atoms with van der Waals surface area (Å²) in [7, 11) is 0. The summed E-state index contributed by atoms with van der Waals surface area (Å²) in [5, 5.41) is 8.79. The molecule has 1 atom stereocenters. The molecule has 1 fully saturated rings. The molecule has 1 aliphatic rings. The third-order valence-corrected chi connectivity index (χ3v) is 2.99. The van der Waals surface area contributed by atoms with Gasteiger partial charge in [0.05, 0.1) is 6.54 Å². The van der Waals surface area contributed by atoms with Crippen molar-refractivity contribution in [1.29, 1.82) is 0 Å². The molecule has 2 rings (SSSR count). The minimum atomic E-state index is -0.347. The zero-order chi connectivity index (χ0) is 11.5. The Labute approximate surface area is 102 Å². The van der Waals surface area contributed by atoms with Crippen LogP contribution in [-0.2, 0) is 4.74 Å². The number of cyclic esters (lactones) is 1. The first-order chi connectivity index (χ1) is 7.70. The van der Waals surface area contributed by atoms with E-state index in [0.29, 0.717) is 13.0 Å². The standard InChI is InChI=1S/C11H12BrNO3/c12-8-1-3-9(4-2-8)13-7-10(5-6-14)16-11(13)15/h1-4,10,14H,5-7H2. The Morgan fingerprint density at radius 1 is 1.44 bits per heavy atom. The molecule has 1 saturated heterocycles. The maximum Gasteiger partial charge on any atom is 0.414 e. The highest BCUT2D eigenvalue weighted by Crippen LogP contribution is 2.24. The second kappa shape index (κ2) is 4.84. The van der Waals surface area contributed by atoms with Gasteiger partial charge in [0.25, 0.3) is 0 Å². The van der Waals surface area contributed by atoms with Gasteiger partial charge in [0, 0.05) is 23.2 Å². The summed E-state index contributed by atoms with van der Waals surface area (Å²) in [6.07, 6.45) is -0.0689. The van der Waals surface area contributed by atoms with E-state index in [-0.39, 0.29) is 18.8 Å². The van der Waals surface area contributed by atoms with Crippen LogP contribution in [0.2, 0.25) is 0 Å². The molecule has 1 aromatic carbocycles. The van der Waals surface area contributed by atoms with Crippen LogP contribution in [0.4, 0.5) is 10.5 Å². The van der Waals surface area contributed by atoms with Crippen LogP contribution in [0.3, 0.4) is 0 Å². The predicted molar refractivity (Wildman–Crippen MR) is 63.5 cm³/mol. The van der Waals surface area contributed by atoms with E-state index in [0.717, 1.165) is 10.2 Å². The average Bonchev–Trinajstić information content (AvgIpc) is 2.61. The molecule has 1 unspecified atom stereocenters. The summed E-state index contributed by atoms with van der Waals surface area (Å²) in [4.78, 5) is 13.1. The molecule has 0 aromatic heterocycles. The highest BCUT2D eigenvalue weighted by Gasteiger charge is 2.31. The van der Waals surface area contributed by atoms with Crippen LogP contribution in [-0.4, -0.2) is 30.5 Å². The van der Waals surface area contributed by atoms with Crippen molar-refractivity contribution in [3.63, 3.8) is 0 Å². The largest absolute Gasteiger partial charge is 0.444 e. The van der Waals surface area contributed by atoms with E-state index in [9.17, 15) is 4.79 Å². The van der Waals surface area contributed by atoms with Crippen molar-refractivity contribution in [2.24, 2.45) is 0 Å².